The molecule has 2 rings (SSSR count). The molecule has 0 aliphatic rings. The van der Waals surface area contributed by atoms with Gasteiger partial charge in [-0.1, -0.05) is 0 Å². The van der Waals surface area contributed by atoms with Crippen LogP contribution in [0, 0.1) is 0 Å². The average molecular weight is 450 g/mol. The van der Waals surface area contributed by atoms with Crippen molar-refractivity contribution < 1.29 is 37.7 Å². The van der Waals surface area contributed by atoms with Gasteiger partial charge >= 0.3 is 18.1 Å². The third-order valence-electron chi connectivity index (χ3n) is 3.62. The minimum atomic E-state index is -5.08. The Balaban J connectivity index is 0.000000553. The van der Waals surface area contributed by atoms with Gasteiger partial charge in [-0.15, -0.1) is 0 Å². The molecule has 4 N–H and O–H groups in total. The normalized spacial score (nSPS) is 11.0. The van der Waals surface area contributed by atoms with Gasteiger partial charge in [0.2, 0.25) is 5.43 Å². The number of carboxylic acid groups (broad SMARTS) is 2. The predicted molar refractivity (Wildman–Crippen MR) is 106 cm³/mol. The molecule has 0 aliphatic carbocycles. The first-order chi connectivity index (χ1) is 14.0. The first-order valence-corrected chi connectivity index (χ1v) is 9.79. The largest absolute Gasteiger partial charge is 0.493 e. The maximum absolute atomic E-state index is 12.3. The van der Waals surface area contributed by atoms with E-state index in [9.17, 15) is 27.9 Å². The van der Waals surface area contributed by atoms with E-state index in [1.165, 1.54) is 6.20 Å². The summed E-state index contributed by atoms with van der Waals surface area (Å²) < 4.78 is 39.1. The molecule has 0 radical (unpaired) electrons. The number of rotatable bonds is 8. The molecule has 0 fully saturated rings. The fraction of sp³-hybridized carbons (Fsp3) is 0.389. The quantitative estimate of drug-likeness (QED) is 0.523. The van der Waals surface area contributed by atoms with Crippen LogP contribution in [0.4, 0.5) is 13.2 Å². The monoisotopic (exact) mass is 450 g/mol. The molecule has 0 atom stereocenters. The van der Waals surface area contributed by atoms with E-state index in [-0.39, 0.29) is 5.56 Å². The molecule has 12 heteroatoms. The van der Waals surface area contributed by atoms with E-state index in [0.717, 1.165) is 11.5 Å². The summed E-state index contributed by atoms with van der Waals surface area (Å²) in [6, 6.07) is 5.19. The summed E-state index contributed by atoms with van der Waals surface area (Å²) in [6.45, 7) is 3.62. The van der Waals surface area contributed by atoms with Crippen LogP contribution in [0.25, 0.3) is 10.9 Å². The Morgan fingerprint density at radius 2 is 1.87 bits per heavy atom. The molecule has 0 bridgehead atoms. The molecule has 8 nitrogen and oxygen atoms in total. The highest BCUT2D eigenvalue weighted by Crippen LogP contribution is 2.20. The Kier molecular flexibility index (Phi) is 9.66. The van der Waals surface area contributed by atoms with E-state index in [4.69, 9.17) is 20.4 Å². The van der Waals surface area contributed by atoms with Crippen LogP contribution in [0.15, 0.2) is 29.2 Å². The molecule has 0 unspecified atom stereocenters. The lowest BCUT2D eigenvalue weighted by Gasteiger charge is -2.12. The van der Waals surface area contributed by atoms with E-state index < -0.39 is 23.5 Å². The number of nitrogens with two attached hydrogens (primary N) is 1. The van der Waals surface area contributed by atoms with Crippen molar-refractivity contribution in [1.29, 1.82) is 0 Å². The van der Waals surface area contributed by atoms with Gasteiger partial charge in [0.05, 0.1) is 17.5 Å². The second kappa shape index (κ2) is 11.5. The highest BCUT2D eigenvalue weighted by molar-refractivity contribution is 7.99. The number of pyridine rings is 1. The number of benzene rings is 1. The smallest absolute Gasteiger partial charge is 0.490 e. The van der Waals surface area contributed by atoms with Gasteiger partial charge in [-0.05, 0) is 25.1 Å². The molecule has 0 aliphatic heterocycles. The van der Waals surface area contributed by atoms with Crippen molar-refractivity contribution in [2.45, 2.75) is 19.6 Å². The summed E-state index contributed by atoms with van der Waals surface area (Å²) in [7, 11) is 0. The lowest BCUT2D eigenvalue weighted by Crippen LogP contribution is -2.21. The number of carboxylic acids is 2. The van der Waals surface area contributed by atoms with Crippen molar-refractivity contribution in [3.8, 4) is 5.75 Å². The summed E-state index contributed by atoms with van der Waals surface area (Å²) >= 11 is 1.70. The third-order valence-corrected chi connectivity index (χ3v) is 4.60. The molecule has 0 spiro atoms. The molecule has 0 saturated carbocycles. The van der Waals surface area contributed by atoms with Gasteiger partial charge in [-0.2, -0.15) is 24.9 Å². The van der Waals surface area contributed by atoms with Gasteiger partial charge in [0.15, 0.2) is 0 Å². The number of aryl methyl sites for hydroxylation is 1. The van der Waals surface area contributed by atoms with Crippen LogP contribution >= 0.6 is 11.8 Å². The van der Waals surface area contributed by atoms with Crippen LogP contribution in [-0.2, 0) is 11.3 Å². The number of halogens is 3. The van der Waals surface area contributed by atoms with Crippen molar-refractivity contribution in [2.24, 2.45) is 5.73 Å². The van der Waals surface area contributed by atoms with Crippen LogP contribution < -0.4 is 15.9 Å². The average Bonchev–Trinajstić information content (AvgIpc) is 2.68. The number of aromatic carboxylic acids is 1. The van der Waals surface area contributed by atoms with Crippen LogP contribution in [0.5, 0.6) is 5.75 Å². The van der Waals surface area contributed by atoms with Crippen molar-refractivity contribution >= 4 is 34.6 Å². The number of aromatic nitrogens is 1. The number of ether oxygens (including phenoxy) is 1. The minimum Gasteiger partial charge on any atom is -0.493 e. The van der Waals surface area contributed by atoms with E-state index in [2.05, 4.69) is 0 Å². The zero-order valence-electron chi connectivity index (χ0n) is 15.9. The summed E-state index contributed by atoms with van der Waals surface area (Å²) in [6.07, 6.45) is -3.70. The molecule has 2 aromatic rings. The predicted octanol–water partition coefficient (Wildman–Crippen LogP) is 2.42. The van der Waals surface area contributed by atoms with Gasteiger partial charge in [-0.3, -0.25) is 4.79 Å². The zero-order chi connectivity index (χ0) is 22.9. The molecule has 0 saturated heterocycles. The van der Waals surface area contributed by atoms with Gasteiger partial charge < -0.3 is 25.3 Å². The highest BCUT2D eigenvalue weighted by Gasteiger charge is 2.38. The van der Waals surface area contributed by atoms with E-state index in [1.807, 2.05) is 6.92 Å². The van der Waals surface area contributed by atoms with Gasteiger partial charge in [-0.25, -0.2) is 9.59 Å². The maximum atomic E-state index is 12.3. The highest BCUT2D eigenvalue weighted by atomic mass is 32.2. The minimum absolute atomic E-state index is 0.227. The van der Waals surface area contributed by atoms with E-state index in [1.54, 1.807) is 34.5 Å². The zero-order valence-corrected chi connectivity index (χ0v) is 16.8. The number of hydrogen-bond acceptors (Lipinski definition) is 6. The number of aliphatic carboxylic acids is 1. The van der Waals surface area contributed by atoms with E-state index >= 15 is 0 Å². The van der Waals surface area contributed by atoms with Crippen LogP contribution in [-0.4, -0.2) is 57.6 Å². The topological polar surface area (TPSA) is 132 Å². The number of alkyl halides is 3. The molecule has 1 aromatic heterocycles. The SMILES string of the molecule is CCn1cc(C(=O)O)c(=O)c2cc(OCCSCCN)ccc21.O=C(O)C(F)(F)F. The Morgan fingerprint density at radius 3 is 2.37 bits per heavy atom. The Labute approximate surface area is 173 Å². The van der Waals surface area contributed by atoms with Crippen molar-refractivity contribution in [3.05, 3.63) is 40.2 Å². The number of carbonyl (C=O) groups is 2. The lowest BCUT2D eigenvalue weighted by molar-refractivity contribution is -0.192. The molecule has 1 heterocycles. The molecule has 0 amide bonds. The van der Waals surface area contributed by atoms with Crippen molar-refractivity contribution in [2.75, 3.05) is 24.7 Å². The van der Waals surface area contributed by atoms with Gasteiger partial charge in [0, 0.05) is 30.8 Å². The van der Waals surface area contributed by atoms with E-state index in [0.29, 0.717) is 36.3 Å². The standard InChI is InChI=1S/C16H20N2O4S.C2HF3O2/c1-2-18-10-13(16(20)21)15(19)12-9-11(3-4-14(12)18)22-6-8-23-7-5-17;3-2(4,5)1(6)7/h3-4,9-10H,2,5-8,17H2,1H3,(H,20,21);(H,6,7). The number of hydrogen-bond donors (Lipinski definition) is 3. The van der Waals surface area contributed by atoms with Crippen LogP contribution in [0.3, 0.4) is 0 Å². The number of nitrogens with zero attached hydrogens (tertiary/aromatic N) is 1. The summed E-state index contributed by atoms with van der Waals surface area (Å²) in [5, 5.41) is 16.7. The molecule has 30 heavy (non-hydrogen) atoms. The first-order valence-electron chi connectivity index (χ1n) is 8.64. The lowest BCUT2D eigenvalue weighted by atomic mass is 10.1. The Bertz CT molecular complexity index is 946. The Hall–Kier alpha value is -2.73. The Morgan fingerprint density at radius 1 is 1.23 bits per heavy atom. The molecular weight excluding hydrogens is 429 g/mol. The van der Waals surface area contributed by atoms with Gasteiger partial charge in [0.25, 0.3) is 0 Å². The maximum Gasteiger partial charge on any atom is 0.490 e. The number of fused-ring (bicyclic) bond motifs is 1. The molecule has 166 valence electrons. The summed E-state index contributed by atoms with van der Waals surface area (Å²) in [4.78, 5) is 32.5. The molecule has 1 aromatic carbocycles. The van der Waals surface area contributed by atoms with Gasteiger partial charge in [0.1, 0.15) is 11.3 Å². The van der Waals surface area contributed by atoms with Crippen LogP contribution in [0.1, 0.15) is 17.3 Å². The first kappa shape index (κ1) is 25.3. The third kappa shape index (κ3) is 7.26. The fourth-order valence-corrected chi connectivity index (χ4v) is 2.86. The summed E-state index contributed by atoms with van der Waals surface area (Å²) in [5.41, 5.74) is 5.41. The second-order valence-corrected chi connectivity index (χ2v) is 6.92. The van der Waals surface area contributed by atoms with Crippen molar-refractivity contribution in [3.63, 3.8) is 0 Å². The van der Waals surface area contributed by atoms with Crippen LogP contribution in [0.2, 0.25) is 0 Å². The fourth-order valence-electron chi connectivity index (χ4n) is 2.28. The summed E-state index contributed by atoms with van der Waals surface area (Å²) in [5.74, 6) is -1.72. The van der Waals surface area contributed by atoms with Crippen molar-refractivity contribution in [1.82, 2.24) is 4.57 Å². The number of thioether (sulfide) groups is 1. The second-order valence-electron chi connectivity index (χ2n) is 5.69. The molecular formula is C18H21F3N2O6S.